The molecule has 0 bridgehead atoms. The number of anilines is 1. The van der Waals surface area contributed by atoms with Gasteiger partial charge < -0.3 is 20.4 Å². The van der Waals surface area contributed by atoms with Crippen LogP contribution in [0.5, 0.6) is 5.75 Å². The Bertz CT molecular complexity index is 576. The number of nitrogens with one attached hydrogen (secondary N) is 2. The summed E-state index contributed by atoms with van der Waals surface area (Å²) in [5.41, 5.74) is 5.52. The average molecular weight is 318 g/mol. The molecule has 0 aliphatic heterocycles. The largest absolute Gasteiger partial charge is 0.483 e. The number of para-hydroxylation sites is 2. The van der Waals surface area contributed by atoms with Gasteiger partial charge in [-0.05, 0) is 12.1 Å². The van der Waals surface area contributed by atoms with E-state index < -0.39 is 10.2 Å². The molecule has 1 aromatic rings. The summed E-state index contributed by atoms with van der Waals surface area (Å²) in [5, 5.41) is 11.2. The second-order valence-electron chi connectivity index (χ2n) is 3.87. The van der Waals surface area contributed by atoms with E-state index in [0.29, 0.717) is 0 Å². The van der Waals surface area contributed by atoms with Gasteiger partial charge in [0, 0.05) is 13.7 Å². The SMILES string of the molecule is COCCNS(=O)(=O)Nc1ccccc1OC/C(N)=N/O. The van der Waals surface area contributed by atoms with E-state index in [-0.39, 0.29) is 37.0 Å². The molecule has 0 saturated heterocycles. The maximum atomic E-state index is 11.8. The highest BCUT2D eigenvalue weighted by atomic mass is 32.2. The number of oxime groups is 1. The Morgan fingerprint density at radius 3 is 2.81 bits per heavy atom. The second kappa shape index (κ2) is 8.29. The van der Waals surface area contributed by atoms with Crippen molar-refractivity contribution in [2.24, 2.45) is 10.9 Å². The summed E-state index contributed by atoms with van der Waals surface area (Å²) in [5.74, 6) is 0.118. The lowest BCUT2D eigenvalue weighted by molar-refractivity contribution is 0.204. The van der Waals surface area contributed by atoms with Crippen molar-refractivity contribution in [3.63, 3.8) is 0 Å². The van der Waals surface area contributed by atoms with Gasteiger partial charge in [0.2, 0.25) is 0 Å². The van der Waals surface area contributed by atoms with Crippen molar-refractivity contribution >= 4 is 21.7 Å². The fourth-order valence-corrected chi connectivity index (χ4v) is 2.20. The molecule has 1 rings (SSSR count). The summed E-state index contributed by atoms with van der Waals surface area (Å²) in [6.07, 6.45) is 0. The van der Waals surface area contributed by atoms with E-state index >= 15 is 0 Å². The third-order valence-corrected chi connectivity index (χ3v) is 3.31. The van der Waals surface area contributed by atoms with Crippen LogP contribution in [0, 0.1) is 0 Å². The molecule has 9 nitrogen and oxygen atoms in total. The molecule has 118 valence electrons. The van der Waals surface area contributed by atoms with E-state index in [2.05, 4.69) is 14.6 Å². The Labute approximate surface area is 122 Å². The molecular formula is C11H18N4O5S. The van der Waals surface area contributed by atoms with Gasteiger partial charge in [-0.2, -0.15) is 13.1 Å². The van der Waals surface area contributed by atoms with Crippen LogP contribution in [0.25, 0.3) is 0 Å². The first kappa shape index (κ1) is 17.0. The van der Waals surface area contributed by atoms with Gasteiger partial charge in [0.1, 0.15) is 12.4 Å². The highest BCUT2D eigenvalue weighted by Gasteiger charge is 2.12. The maximum absolute atomic E-state index is 11.8. The summed E-state index contributed by atoms with van der Waals surface area (Å²) < 4.78 is 38.3. The molecule has 0 heterocycles. The van der Waals surface area contributed by atoms with Gasteiger partial charge in [0.15, 0.2) is 5.84 Å². The lowest BCUT2D eigenvalue weighted by atomic mass is 10.3. The third kappa shape index (κ3) is 6.29. The van der Waals surface area contributed by atoms with Gasteiger partial charge in [0.05, 0.1) is 12.3 Å². The van der Waals surface area contributed by atoms with Crippen molar-refractivity contribution in [3.05, 3.63) is 24.3 Å². The summed E-state index contributed by atoms with van der Waals surface area (Å²) in [6.45, 7) is 0.216. The lowest BCUT2D eigenvalue weighted by Gasteiger charge is -2.13. The molecule has 0 radical (unpaired) electrons. The normalized spacial score (nSPS) is 12.1. The number of nitrogens with two attached hydrogens (primary N) is 1. The van der Waals surface area contributed by atoms with Crippen molar-refractivity contribution < 1.29 is 23.1 Å². The number of hydrogen-bond donors (Lipinski definition) is 4. The first-order valence-electron chi connectivity index (χ1n) is 5.93. The number of hydrogen-bond acceptors (Lipinski definition) is 6. The van der Waals surface area contributed by atoms with Gasteiger partial charge in [-0.15, -0.1) is 0 Å². The van der Waals surface area contributed by atoms with Crippen LogP contribution in [-0.2, 0) is 14.9 Å². The minimum absolute atomic E-state index is 0.133. The average Bonchev–Trinajstić information content (AvgIpc) is 2.45. The van der Waals surface area contributed by atoms with Gasteiger partial charge in [0.25, 0.3) is 10.2 Å². The molecule has 0 unspecified atom stereocenters. The maximum Gasteiger partial charge on any atom is 0.299 e. The number of nitrogens with zero attached hydrogens (tertiary/aromatic N) is 1. The zero-order valence-corrected chi connectivity index (χ0v) is 12.3. The van der Waals surface area contributed by atoms with Crippen LogP contribution < -0.4 is 19.9 Å². The van der Waals surface area contributed by atoms with Crippen molar-refractivity contribution in [2.45, 2.75) is 0 Å². The molecule has 0 aliphatic carbocycles. The number of benzene rings is 1. The van der Waals surface area contributed by atoms with Crippen molar-refractivity contribution in [1.29, 1.82) is 0 Å². The van der Waals surface area contributed by atoms with Gasteiger partial charge >= 0.3 is 0 Å². The zero-order valence-electron chi connectivity index (χ0n) is 11.4. The molecule has 5 N–H and O–H groups in total. The molecule has 0 fully saturated rings. The van der Waals surface area contributed by atoms with Crippen molar-refractivity contribution in [1.82, 2.24) is 4.72 Å². The molecule has 0 aromatic heterocycles. The molecule has 0 saturated carbocycles. The highest BCUT2D eigenvalue weighted by molar-refractivity contribution is 7.90. The van der Waals surface area contributed by atoms with Crippen LogP contribution in [0.4, 0.5) is 5.69 Å². The quantitative estimate of drug-likeness (QED) is 0.162. The number of ether oxygens (including phenoxy) is 2. The molecule has 21 heavy (non-hydrogen) atoms. The fraction of sp³-hybridized carbons (Fsp3) is 0.364. The molecule has 0 aliphatic rings. The van der Waals surface area contributed by atoms with E-state index in [9.17, 15) is 8.42 Å². The standard InChI is InChI=1S/C11H18N4O5S/c1-19-7-6-13-21(17,18)15-9-4-2-3-5-10(9)20-8-11(12)14-16/h2-5,13,15-16H,6-8H2,1H3,(H2,12,14). The van der Waals surface area contributed by atoms with E-state index in [0.717, 1.165) is 0 Å². The van der Waals surface area contributed by atoms with Crippen LogP contribution in [0.3, 0.4) is 0 Å². The minimum Gasteiger partial charge on any atom is -0.483 e. The smallest absolute Gasteiger partial charge is 0.299 e. The van der Waals surface area contributed by atoms with Crippen LogP contribution in [-0.4, -0.2) is 46.3 Å². The first-order chi connectivity index (χ1) is 9.98. The Balaban J connectivity index is 2.74. The summed E-state index contributed by atoms with van der Waals surface area (Å²) in [7, 11) is -2.27. The summed E-state index contributed by atoms with van der Waals surface area (Å²) in [6, 6.07) is 6.38. The Morgan fingerprint density at radius 1 is 1.43 bits per heavy atom. The van der Waals surface area contributed by atoms with Crippen LogP contribution >= 0.6 is 0 Å². The van der Waals surface area contributed by atoms with E-state index in [4.69, 9.17) is 20.4 Å². The van der Waals surface area contributed by atoms with Gasteiger partial charge in [-0.3, -0.25) is 4.72 Å². The Morgan fingerprint density at radius 2 is 2.14 bits per heavy atom. The molecule has 1 aromatic carbocycles. The first-order valence-corrected chi connectivity index (χ1v) is 7.41. The third-order valence-electron chi connectivity index (χ3n) is 2.23. The molecular weight excluding hydrogens is 300 g/mol. The van der Waals surface area contributed by atoms with Crippen LogP contribution in [0.2, 0.25) is 0 Å². The predicted molar refractivity (Wildman–Crippen MR) is 77.8 cm³/mol. The Kier molecular flexibility index (Phi) is 6.72. The van der Waals surface area contributed by atoms with E-state index in [1.54, 1.807) is 18.2 Å². The minimum atomic E-state index is -3.74. The lowest BCUT2D eigenvalue weighted by Crippen LogP contribution is -2.32. The number of rotatable bonds is 9. The topological polar surface area (TPSA) is 135 Å². The number of amidine groups is 1. The van der Waals surface area contributed by atoms with Gasteiger partial charge in [-0.25, -0.2) is 0 Å². The summed E-state index contributed by atoms with van der Waals surface area (Å²) >= 11 is 0. The Hall–Kier alpha value is -2.04. The predicted octanol–water partition coefficient (Wildman–Crippen LogP) is -0.295. The fourth-order valence-electron chi connectivity index (χ4n) is 1.32. The highest BCUT2D eigenvalue weighted by Crippen LogP contribution is 2.24. The molecule has 0 spiro atoms. The zero-order chi connectivity index (χ0) is 15.7. The van der Waals surface area contributed by atoms with E-state index in [1.165, 1.54) is 13.2 Å². The van der Waals surface area contributed by atoms with Gasteiger partial charge in [-0.1, -0.05) is 17.3 Å². The number of methoxy groups -OCH3 is 1. The second-order valence-corrected chi connectivity index (χ2v) is 5.37. The summed E-state index contributed by atoms with van der Waals surface area (Å²) in [4.78, 5) is 0. The van der Waals surface area contributed by atoms with Crippen LogP contribution in [0.1, 0.15) is 0 Å². The van der Waals surface area contributed by atoms with Crippen molar-refractivity contribution in [2.75, 3.05) is 31.6 Å². The monoisotopic (exact) mass is 318 g/mol. The molecule has 0 amide bonds. The van der Waals surface area contributed by atoms with Crippen molar-refractivity contribution in [3.8, 4) is 5.75 Å². The van der Waals surface area contributed by atoms with Crippen LogP contribution in [0.15, 0.2) is 29.4 Å². The van der Waals surface area contributed by atoms with E-state index in [1.807, 2.05) is 0 Å². The molecule has 10 heteroatoms. The molecule has 0 atom stereocenters.